The molecule has 1 aliphatic rings. The normalized spacial score (nSPS) is 16.9. The summed E-state index contributed by atoms with van der Waals surface area (Å²) in [6, 6.07) is 5.65. The number of hydrogen-bond acceptors (Lipinski definition) is 9. The summed E-state index contributed by atoms with van der Waals surface area (Å²) in [5.74, 6) is 1.33. The first-order valence-corrected chi connectivity index (χ1v) is 11.9. The van der Waals surface area contributed by atoms with Gasteiger partial charge < -0.3 is 32.2 Å². The quantitative estimate of drug-likeness (QED) is 0.178. The highest BCUT2D eigenvalue weighted by Gasteiger charge is 2.37. The molecule has 1 fully saturated rings. The third kappa shape index (κ3) is 7.03. The lowest BCUT2D eigenvalue weighted by Gasteiger charge is -2.47. The van der Waals surface area contributed by atoms with Crippen LogP contribution in [0.15, 0.2) is 54.3 Å². The van der Waals surface area contributed by atoms with E-state index < -0.39 is 0 Å². The van der Waals surface area contributed by atoms with Crippen LogP contribution >= 0.6 is 0 Å². The monoisotopic (exact) mass is 478 g/mol. The van der Waals surface area contributed by atoms with Crippen LogP contribution in [0.25, 0.3) is 16.6 Å². The summed E-state index contributed by atoms with van der Waals surface area (Å²) < 4.78 is 5.49. The van der Waals surface area contributed by atoms with Gasteiger partial charge in [0, 0.05) is 63.0 Å². The van der Waals surface area contributed by atoms with E-state index >= 15 is 0 Å². The van der Waals surface area contributed by atoms with Crippen LogP contribution in [-0.2, 0) is 4.74 Å². The number of methoxy groups -OCH3 is 1. The molecule has 188 valence electrons. The average molecular weight is 479 g/mol. The molecular formula is C26H38N8O. The number of nitrogens with zero attached hydrogens (tertiary/aromatic N) is 3. The Bertz CT molecular complexity index is 1120. The van der Waals surface area contributed by atoms with Gasteiger partial charge in [-0.05, 0) is 55.3 Å². The zero-order valence-electron chi connectivity index (χ0n) is 21.1. The van der Waals surface area contributed by atoms with Crippen LogP contribution in [0.1, 0.15) is 32.8 Å². The molecule has 1 aliphatic heterocycles. The van der Waals surface area contributed by atoms with Gasteiger partial charge in [-0.3, -0.25) is 9.88 Å². The summed E-state index contributed by atoms with van der Waals surface area (Å²) in [7, 11) is 1.77. The molecule has 0 aromatic carbocycles. The molecule has 0 saturated carbocycles. The Morgan fingerprint density at radius 2 is 2.09 bits per heavy atom. The molecule has 1 saturated heterocycles. The topological polar surface area (TPSA) is 138 Å². The Morgan fingerprint density at radius 3 is 2.74 bits per heavy atom. The highest BCUT2D eigenvalue weighted by molar-refractivity contribution is 6.08. The number of nitrogens with one attached hydrogen (secondary N) is 3. The van der Waals surface area contributed by atoms with Crippen LogP contribution in [0.4, 0.5) is 5.82 Å². The molecular weight excluding hydrogens is 440 g/mol. The van der Waals surface area contributed by atoms with Crippen molar-refractivity contribution in [2.75, 3.05) is 38.6 Å². The predicted molar refractivity (Wildman–Crippen MR) is 144 cm³/mol. The van der Waals surface area contributed by atoms with E-state index in [0.29, 0.717) is 17.2 Å². The Balaban J connectivity index is 1.62. The maximum Gasteiger partial charge on any atom is 0.132 e. The van der Waals surface area contributed by atoms with E-state index in [4.69, 9.17) is 21.6 Å². The van der Waals surface area contributed by atoms with Crippen LogP contribution in [0, 0.1) is 11.3 Å². The highest BCUT2D eigenvalue weighted by atomic mass is 16.5. The number of allylic oxidation sites excluding steroid dienone is 3. The van der Waals surface area contributed by atoms with Gasteiger partial charge in [0.05, 0.1) is 16.6 Å². The third-order valence-electron chi connectivity index (χ3n) is 6.14. The van der Waals surface area contributed by atoms with E-state index in [1.54, 1.807) is 19.5 Å². The van der Waals surface area contributed by atoms with Crippen molar-refractivity contribution in [3.05, 3.63) is 59.8 Å². The van der Waals surface area contributed by atoms with E-state index in [0.717, 1.165) is 54.8 Å². The molecule has 35 heavy (non-hydrogen) atoms. The van der Waals surface area contributed by atoms with Gasteiger partial charge in [0.1, 0.15) is 11.6 Å². The molecule has 9 heteroatoms. The average Bonchev–Trinajstić information content (AvgIpc) is 2.82. The van der Waals surface area contributed by atoms with Crippen molar-refractivity contribution in [2.24, 2.45) is 17.4 Å². The van der Waals surface area contributed by atoms with Crippen LogP contribution in [-0.4, -0.2) is 60.0 Å². The van der Waals surface area contributed by atoms with E-state index in [-0.39, 0.29) is 11.5 Å². The van der Waals surface area contributed by atoms with Crippen molar-refractivity contribution in [1.29, 1.82) is 5.41 Å². The fourth-order valence-electron chi connectivity index (χ4n) is 3.99. The van der Waals surface area contributed by atoms with Crippen molar-refractivity contribution in [3.8, 4) is 0 Å². The van der Waals surface area contributed by atoms with Gasteiger partial charge in [-0.15, -0.1) is 0 Å². The fourth-order valence-corrected chi connectivity index (χ4v) is 3.99. The second-order valence-corrected chi connectivity index (χ2v) is 9.42. The first-order chi connectivity index (χ1) is 16.8. The number of anilines is 1. The Morgan fingerprint density at radius 1 is 1.31 bits per heavy atom. The fraction of sp³-hybridized carbons (Fsp3) is 0.423. The van der Waals surface area contributed by atoms with Gasteiger partial charge >= 0.3 is 0 Å². The zero-order chi connectivity index (χ0) is 25.4. The SMILES string of the molecule is COC1(C)CN(CCCN/C=C(\C=N)c2cnc3ccc(N/C(N)=C/C(=C\N)C(C)C)nc3c2)C1. The molecule has 0 unspecified atom stereocenters. The standard InChI is InChI=1S/C26H38N8O/c1-18(2)19(12-27)11-24(29)33-25-7-6-22-23(32-25)10-20(15-31-22)21(13-28)14-30-8-5-9-34-16-26(3,17-34)35-4/h6-7,10-15,18,28,30H,5,8-9,16-17,27,29H2,1-4H3,(H,32,33)/b19-12+,21-14+,24-11+,28-13?. The maximum atomic E-state index is 7.86. The summed E-state index contributed by atoms with van der Waals surface area (Å²) >= 11 is 0. The van der Waals surface area contributed by atoms with Gasteiger partial charge in [0.2, 0.25) is 0 Å². The molecule has 3 heterocycles. The summed E-state index contributed by atoms with van der Waals surface area (Å²) in [6.45, 7) is 10.0. The van der Waals surface area contributed by atoms with E-state index in [1.807, 2.05) is 30.5 Å². The number of rotatable bonds is 12. The van der Waals surface area contributed by atoms with Gasteiger partial charge in [0.15, 0.2) is 0 Å². The zero-order valence-corrected chi connectivity index (χ0v) is 21.1. The molecule has 2 aromatic heterocycles. The van der Waals surface area contributed by atoms with Crippen molar-refractivity contribution >= 4 is 28.6 Å². The molecule has 0 bridgehead atoms. The largest absolute Gasteiger partial charge is 0.404 e. The van der Waals surface area contributed by atoms with Crippen molar-refractivity contribution < 1.29 is 4.74 Å². The molecule has 2 aromatic rings. The second-order valence-electron chi connectivity index (χ2n) is 9.42. The maximum absolute atomic E-state index is 7.86. The van der Waals surface area contributed by atoms with Gasteiger partial charge in [-0.1, -0.05) is 13.8 Å². The smallest absolute Gasteiger partial charge is 0.132 e. The van der Waals surface area contributed by atoms with Crippen LogP contribution in [0.5, 0.6) is 0 Å². The van der Waals surface area contributed by atoms with Gasteiger partial charge in [-0.2, -0.15) is 0 Å². The van der Waals surface area contributed by atoms with Gasteiger partial charge in [0.25, 0.3) is 0 Å². The number of likely N-dealkylation sites (tertiary alicyclic amines) is 1. The lowest BCUT2D eigenvalue weighted by Crippen LogP contribution is -2.61. The van der Waals surface area contributed by atoms with E-state index in [2.05, 4.69) is 46.3 Å². The Hall–Kier alpha value is -3.43. The summed E-state index contributed by atoms with van der Waals surface area (Å²) in [5.41, 5.74) is 15.8. The molecule has 7 N–H and O–H groups in total. The first kappa shape index (κ1) is 26.2. The lowest BCUT2D eigenvalue weighted by atomic mass is 9.96. The second kappa shape index (κ2) is 11.8. The highest BCUT2D eigenvalue weighted by Crippen LogP contribution is 2.23. The molecule has 0 amide bonds. The number of aromatic nitrogens is 2. The summed E-state index contributed by atoms with van der Waals surface area (Å²) in [6.07, 6.45) is 9.33. The summed E-state index contributed by atoms with van der Waals surface area (Å²) in [5, 5.41) is 14.3. The molecule has 0 radical (unpaired) electrons. The Kier molecular flexibility index (Phi) is 8.84. The number of nitrogens with two attached hydrogens (primary N) is 2. The van der Waals surface area contributed by atoms with E-state index in [1.165, 1.54) is 6.21 Å². The molecule has 0 atom stereocenters. The third-order valence-corrected chi connectivity index (χ3v) is 6.14. The number of fused-ring (bicyclic) bond motifs is 1. The number of pyridine rings is 2. The molecule has 9 nitrogen and oxygen atoms in total. The minimum absolute atomic E-state index is 0.00767. The van der Waals surface area contributed by atoms with Crippen LogP contribution in [0.2, 0.25) is 0 Å². The summed E-state index contributed by atoms with van der Waals surface area (Å²) in [4.78, 5) is 11.5. The van der Waals surface area contributed by atoms with E-state index in [9.17, 15) is 0 Å². The number of ether oxygens (including phenoxy) is 1. The minimum atomic E-state index is 0.00767. The van der Waals surface area contributed by atoms with Gasteiger partial charge in [-0.25, -0.2) is 4.98 Å². The molecule has 0 aliphatic carbocycles. The van der Waals surface area contributed by atoms with Crippen LogP contribution in [0.3, 0.4) is 0 Å². The Labute approximate surface area is 207 Å². The molecule has 0 spiro atoms. The van der Waals surface area contributed by atoms with Crippen LogP contribution < -0.4 is 22.1 Å². The lowest BCUT2D eigenvalue weighted by molar-refractivity contribution is -0.110. The van der Waals surface area contributed by atoms with Crippen molar-refractivity contribution in [3.63, 3.8) is 0 Å². The van der Waals surface area contributed by atoms with Crippen molar-refractivity contribution in [2.45, 2.75) is 32.8 Å². The molecule has 3 rings (SSSR count). The number of hydrogen-bond donors (Lipinski definition) is 5. The van der Waals surface area contributed by atoms with Crippen molar-refractivity contribution in [1.82, 2.24) is 20.2 Å². The first-order valence-electron chi connectivity index (χ1n) is 11.9. The minimum Gasteiger partial charge on any atom is -0.404 e. The predicted octanol–water partition coefficient (Wildman–Crippen LogP) is 3.03.